The van der Waals surface area contributed by atoms with Gasteiger partial charge in [0.1, 0.15) is 23.7 Å². The number of anilines is 3. The molecule has 0 unspecified atom stereocenters. The standard InChI is InChI=1S/C22H24N6O/c1-16-11-17(2)13-18(12-16)26-22(29)19-14-21(25-15-24-19)28-9-7-27(8-10-28)20-5-3-4-6-23-20/h3-6,11-15H,7-10H2,1-2H3,(H,26,29). The van der Waals surface area contributed by atoms with E-state index in [1.165, 1.54) is 6.33 Å². The highest BCUT2D eigenvalue weighted by atomic mass is 16.1. The van der Waals surface area contributed by atoms with Gasteiger partial charge in [0, 0.05) is 44.1 Å². The lowest BCUT2D eigenvalue weighted by Crippen LogP contribution is -2.47. The van der Waals surface area contributed by atoms with Crippen LogP contribution in [0.15, 0.2) is 55.0 Å². The molecule has 1 aliphatic rings. The molecular weight excluding hydrogens is 364 g/mol. The normalized spacial score (nSPS) is 14.0. The maximum absolute atomic E-state index is 12.7. The molecule has 1 aliphatic heterocycles. The van der Waals surface area contributed by atoms with Crippen LogP contribution in [0.25, 0.3) is 0 Å². The number of nitrogens with zero attached hydrogens (tertiary/aromatic N) is 5. The molecule has 1 N–H and O–H groups in total. The molecule has 29 heavy (non-hydrogen) atoms. The number of piperazine rings is 1. The van der Waals surface area contributed by atoms with Gasteiger partial charge in [-0.3, -0.25) is 4.79 Å². The van der Waals surface area contributed by atoms with E-state index in [4.69, 9.17) is 0 Å². The van der Waals surface area contributed by atoms with Crippen LogP contribution >= 0.6 is 0 Å². The van der Waals surface area contributed by atoms with E-state index in [0.29, 0.717) is 5.69 Å². The maximum Gasteiger partial charge on any atom is 0.274 e. The molecule has 0 spiro atoms. The predicted octanol–water partition coefficient (Wildman–Crippen LogP) is 3.07. The van der Waals surface area contributed by atoms with Crippen molar-refractivity contribution < 1.29 is 4.79 Å². The number of rotatable bonds is 4. The Hall–Kier alpha value is -3.48. The molecule has 2 aromatic heterocycles. The average molecular weight is 388 g/mol. The Morgan fingerprint density at radius 1 is 0.862 bits per heavy atom. The Balaban J connectivity index is 1.43. The van der Waals surface area contributed by atoms with Gasteiger partial charge >= 0.3 is 0 Å². The Morgan fingerprint density at radius 2 is 1.55 bits per heavy atom. The zero-order chi connectivity index (χ0) is 20.2. The highest BCUT2D eigenvalue weighted by Gasteiger charge is 2.20. The first kappa shape index (κ1) is 18.9. The Morgan fingerprint density at radius 3 is 2.21 bits per heavy atom. The molecule has 0 radical (unpaired) electrons. The van der Waals surface area contributed by atoms with Gasteiger partial charge in [0.25, 0.3) is 5.91 Å². The molecule has 3 heterocycles. The number of carbonyl (C=O) groups excluding carboxylic acids is 1. The molecule has 4 rings (SSSR count). The van der Waals surface area contributed by atoms with Crippen LogP contribution in [0.3, 0.4) is 0 Å². The molecule has 1 aromatic carbocycles. The Kier molecular flexibility index (Phi) is 5.37. The highest BCUT2D eigenvalue weighted by Crippen LogP contribution is 2.19. The minimum Gasteiger partial charge on any atom is -0.353 e. The predicted molar refractivity (Wildman–Crippen MR) is 115 cm³/mol. The minimum absolute atomic E-state index is 0.231. The van der Waals surface area contributed by atoms with Crippen LogP contribution in [-0.4, -0.2) is 47.0 Å². The van der Waals surface area contributed by atoms with Crippen LogP contribution in [0, 0.1) is 13.8 Å². The summed E-state index contributed by atoms with van der Waals surface area (Å²) in [5, 5.41) is 2.93. The molecule has 0 bridgehead atoms. The minimum atomic E-state index is -0.231. The Bertz CT molecular complexity index is 979. The average Bonchev–Trinajstić information content (AvgIpc) is 2.74. The maximum atomic E-state index is 12.7. The van der Waals surface area contributed by atoms with E-state index in [9.17, 15) is 4.79 Å². The zero-order valence-corrected chi connectivity index (χ0v) is 16.7. The number of carbonyl (C=O) groups is 1. The molecule has 0 atom stereocenters. The Labute approximate surface area is 170 Å². The molecule has 1 fully saturated rings. The van der Waals surface area contributed by atoms with E-state index in [2.05, 4.69) is 36.1 Å². The van der Waals surface area contributed by atoms with Crippen molar-refractivity contribution in [1.82, 2.24) is 15.0 Å². The molecule has 0 saturated carbocycles. The number of aryl methyl sites for hydroxylation is 2. The zero-order valence-electron chi connectivity index (χ0n) is 16.7. The van der Waals surface area contributed by atoms with E-state index >= 15 is 0 Å². The van der Waals surface area contributed by atoms with Gasteiger partial charge in [0.15, 0.2) is 0 Å². The van der Waals surface area contributed by atoms with Crippen molar-refractivity contribution in [2.75, 3.05) is 41.3 Å². The molecule has 1 saturated heterocycles. The van der Waals surface area contributed by atoms with E-state index in [0.717, 1.165) is 54.6 Å². The number of nitrogens with one attached hydrogen (secondary N) is 1. The number of pyridine rings is 1. The number of amides is 1. The third-order valence-corrected chi connectivity index (χ3v) is 4.94. The summed E-state index contributed by atoms with van der Waals surface area (Å²) in [4.78, 5) is 30.1. The quantitative estimate of drug-likeness (QED) is 0.740. The molecule has 0 aliphatic carbocycles. The third kappa shape index (κ3) is 4.51. The summed E-state index contributed by atoms with van der Waals surface area (Å²) in [6, 6.07) is 13.7. The summed E-state index contributed by atoms with van der Waals surface area (Å²) >= 11 is 0. The molecule has 7 nitrogen and oxygen atoms in total. The molecule has 7 heteroatoms. The third-order valence-electron chi connectivity index (χ3n) is 4.94. The van der Waals surface area contributed by atoms with Crippen molar-refractivity contribution in [2.45, 2.75) is 13.8 Å². The number of aromatic nitrogens is 3. The topological polar surface area (TPSA) is 74.2 Å². The second-order valence-corrected chi connectivity index (χ2v) is 7.25. The van der Waals surface area contributed by atoms with Crippen molar-refractivity contribution in [3.63, 3.8) is 0 Å². The number of hydrogen-bond acceptors (Lipinski definition) is 6. The molecule has 1 amide bonds. The van der Waals surface area contributed by atoms with E-state index in [1.54, 1.807) is 6.07 Å². The first-order chi connectivity index (χ1) is 14.1. The second kappa shape index (κ2) is 8.26. The largest absolute Gasteiger partial charge is 0.353 e. The van der Waals surface area contributed by atoms with E-state index in [-0.39, 0.29) is 5.91 Å². The number of hydrogen-bond donors (Lipinski definition) is 1. The van der Waals surface area contributed by atoms with Gasteiger partial charge in [-0.05, 0) is 49.2 Å². The van der Waals surface area contributed by atoms with Crippen LogP contribution in [0.1, 0.15) is 21.6 Å². The van der Waals surface area contributed by atoms with E-state index < -0.39 is 0 Å². The first-order valence-corrected chi connectivity index (χ1v) is 9.71. The van der Waals surface area contributed by atoms with Gasteiger partial charge in [0.05, 0.1) is 0 Å². The summed E-state index contributed by atoms with van der Waals surface area (Å²) in [6.07, 6.45) is 3.27. The van der Waals surface area contributed by atoms with Crippen LogP contribution in [0.2, 0.25) is 0 Å². The van der Waals surface area contributed by atoms with Gasteiger partial charge in [-0.1, -0.05) is 12.1 Å². The number of benzene rings is 1. The van der Waals surface area contributed by atoms with Crippen molar-refractivity contribution in [2.24, 2.45) is 0 Å². The summed E-state index contributed by atoms with van der Waals surface area (Å²) in [5.74, 6) is 1.53. The fourth-order valence-electron chi connectivity index (χ4n) is 3.59. The first-order valence-electron chi connectivity index (χ1n) is 9.71. The lowest BCUT2D eigenvalue weighted by atomic mass is 10.1. The lowest BCUT2D eigenvalue weighted by molar-refractivity contribution is 0.102. The SMILES string of the molecule is Cc1cc(C)cc(NC(=O)c2cc(N3CCN(c4ccccn4)CC3)ncn2)c1. The lowest BCUT2D eigenvalue weighted by Gasteiger charge is -2.36. The molecular formula is C22H24N6O. The van der Waals surface area contributed by atoms with Gasteiger partial charge < -0.3 is 15.1 Å². The summed E-state index contributed by atoms with van der Waals surface area (Å²) in [7, 11) is 0. The van der Waals surface area contributed by atoms with Gasteiger partial charge in [-0.2, -0.15) is 0 Å². The van der Waals surface area contributed by atoms with E-state index in [1.807, 2.05) is 50.4 Å². The molecule has 148 valence electrons. The highest BCUT2D eigenvalue weighted by molar-refractivity contribution is 6.03. The van der Waals surface area contributed by atoms with Crippen LogP contribution in [0.4, 0.5) is 17.3 Å². The van der Waals surface area contributed by atoms with Crippen LogP contribution in [0.5, 0.6) is 0 Å². The molecule has 3 aromatic rings. The van der Waals surface area contributed by atoms with Crippen molar-refractivity contribution in [1.29, 1.82) is 0 Å². The van der Waals surface area contributed by atoms with Crippen molar-refractivity contribution >= 4 is 23.2 Å². The van der Waals surface area contributed by atoms with Crippen LogP contribution < -0.4 is 15.1 Å². The van der Waals surface area contributed by atoms with Gasteiger partial charge in [0.2, 0.25) is 0 Å². The fraction of sp³-hybridized carbons (Fsp3) is 0.273. The summed E-state index contributed by atoms with van der Waals surface area (Å²) < 4.78 is 0. The van der Waals surface area contributed by atoms with Crippen LogP contribution in [-0.2, 0) is 0 Å². The van der Waals surface area contributed by atoms with Gasteiger partial charge in [-0.25, -0.2) is 15.0 Å². The summed E-state index contributed by atoms with van der Waals surface area (Å²) in [6.45, 7) is 7.35. The fourth-order valence-corrected chi connectivity index (χ4v) is 3.59. The van der Waals surface area contributed by atoms with Gasteiger partial charge in [-0.15, -0.1) is 0 Å². The van der Waals surface area contributed by atoms with Crippen molar-refractivity contribution in [3.8, 4) is 0 Å². The second-order valence-electron chi connectivity index (χ2n) is 7.25. The van der Waals surface area contributed by atoms with Crippen molar-refractivity contribution in [3.05, 3.63) is 71.8 Å². The summed E-state index contributed by atoms with van der Waals surface area (Å²) in [5.41, 5.74) is 3.35. The monoisotopic (exact) mass is 388 g/mol. The smallest absolute Gasteiger partial charge is 0.274 e.